The van der Waals surface area contributed by atoms with Crippen LogP contribution in [0, 0.1) is 0 Å². The molecule has 1 fully saturated rings. The summed E-state index contributed by atoms with van der Waals surface area (Å²) < 4.78 is 21.4. The standard InChI is InChI=1S/C15H15NO6/c1-19-14-10(11-7-13(15(17)18)22-16-11)3-2-4-12(14)21-9-5-6-20-8-9/h2-4,7,9H,5-6,8H2,1H3,(H,17,18). The first kappa shape index (κ1) is 14.4. The number of ether oxygens (including phenoxy) is 3. The molecule has 116 valence electrons. The highest BCUT2D eigenvalue weighted by atomic mass is 16.6. The largest absolute Gasteiger partial charge is 0.492 e. The summed E-state index contributed by atoms with van der Waals surface area (Å²) in [7, 11) is 1.52. The van der Waals surface area contributed by atoms with Crippen LogP contribution in [0.2, 0.25) is 0 Å². The molecular weight excluding hydrogens is 290 g/mol. The Hall–Kier alpha value is -2.54. The molecule has 0 spiro atoms. The van der Waals surface area contributed by atoms with Gasteiger partial charge in [0.25, 0.3) is 0 Å². The van der Waals surface area contributed by atoms with Gasteiger partial charge in [0, 0.05) is 18.1 Å². The summed E-state index contributed by atoms with van der Waals surface area (Å²) in [4.78, 5) is 10.9. The topological polar surface area (TPSA) is 91.0 Å². The molecule has 0 amide bonds. The van der Waals surface area contributed by atoms with Crippen LogP contribution in [-0.4, -0.2) is 42.7 Å². The summed E-state index contributed by atoms with van der Waals surface area (Å²) in [5, 5.41) is 12.7. The zero-order valence-corrected chi connectivity index (χ0v) is 11.9. The van der Waals surface area contributed by atoms with E-state index in [0.29, 0.717) is 36.0 Å². The molecule has 0 aliphatic carbocycles. The van der Waals surface area contributed by atoms with Crippen molar-refractivity contribution >= 4 is 5.97 Å². The van der Waals surface area contributed by atoms with E-state index >= 15 is 0 Å². The van der Waals surface area contributed by atoms with Crippen LogP contribution in [0.4, 0.5) is 0 Å². The molecule has 7 heteroatoms. The third-order valence-corrected chi connectivity index (χ3v) is 3.36. The first-order valence-corrected chi connectivity index (χ1v) is 6.81. The van der Waals surface area contributed by atoms with Crippen molar-refractivity contribution in [2.24, 2.45) is 0 Å². The molecule has 2 heterocycles. The molecule has 1 aliphatic rings. The molecule has 1 saturated heterocycles. The van der Waals surface area contributed by atoms with Gasteiger partial charge in [0.1, 0.15) is 11.8 Å². The number of hydrogen-bond acceptors (Lipinski definition) is 6. The Morgan fingerprint density at radius 3 is 2.95 bits per heavy atom. The molecule has 0 saturated carbocycles. The number of aromatic nitrogens is 1. The van der Waals surface area contributed by atoms with Gasteiger partial charge in [0.05, 0.1) is 20.3 Å². The smallest absolute Gasteiger partial charge is 0.374 e. The molecule has 1 aromatic heterocycles. The fourth-order valence-corrected chi connectivity index (χ4v) is 2.31. The van der Waals surface area contributed by atoms with E-state index < -0.39 is 5.97 Å². The number of methoxy groups -OCH3 is 1. The number of rotatable bonds is 5. The first-order valence-electron chi connectivity index (χ1n) is 6.81. The number of para-hydroxylation sites is 1. The van der Waals surface area contributed by atoms with Gasteiger partial charge in [0.15, 0.2) is 11.5 Å². The number of carboxylic acid groups (broad SMARTS) is 1. The van der Waals surface area contributed by atoms with Crippen molar-refractivity contribution in [1.29, 1.82) is 0 Å². The molecule has 0 radical (unpaired) electrons. The summed E-state index contributed by atoms with van der Waals surface area (Å²) in [5.41, 5.74) is 0.984. The lowest BCUT2D eigenvalue weighted by atomic mass is 10.1. The Kier molecular flexibility index (Phi) is 3.97. The number of carboxylic acids is 1. The first-order chi connectivity index (χ1) is 10.7. The summed E-state index contributed by atoms with van der Waals surface area (Å²) in [6.45, 7) is 1.22. The number of benzene rings is 1. The molecule has 7 nitrogen and oxygen atoms in total. The van der Waals surface area contributed by atoms with Crippen molar-refractivity contribution in [2.45, 2.75) is 12.5 Å². The summed E-state index contributed by atoms with van der Waals surface area (Å²) in [6, 6.07) is 6.69. The van der Waals surface area contributed by atoms with Crippen LogP contribution in [-0.2, 0) is 4.74 Å². The maximum atomic E-state index is 10.9. The quantitative estimate of drug-likeness (QED) is 0.905. The van der Waals surface area contributed by atoms with Crippen LogP contribution >= 0.6 is 0 Å². The number of hydrogen-bond donors (Lipinski definition) is 1. The van der Waals surface area contributed by atoms with Gasteiger partial charge < -0.3 is 23.8 Å². The molecule has 3 rings (SSSR count). The highest BCUT2D eigenvalue weighted by Gasteiger charge is 2.22. The van der Waals surface area contributed by atoms with Crippen molar-refractivity contribution in [2.75, 3.05) is 20.3 Å². The lowest BCUT2D eigenvalue weighted by Gasteiger charge is -2.16. The Bertz CT molecular complexity index is 674. The molecule has 1 unspecified atom stereocenters. The van der Waals surface area contributed by atoms with Gasteiger partial charge in [0.2, 0.25) is 5.76 Å². The van der Waals surface area contributed by atoms with Crippen LogP contribution in [0.3, 0.4) is 0 Å². The van der Waals surface area contributed by atoms with E-state index in [0.717, 1.165) is 6.42 Å². The predicted octanol–water partition coefficient (Wildman–Crippen LogP) is 2.22. The molecule has 22 heavy (non-hydrogen) atoms. The summed E-state index contributed by atoms with van der Waals surface area (Å²) >= 11 is 0. The van der Waals surface area contributed by atoms with Crippen LogP contribution in [0.5, 0.6) is 11.5 Å². The summed E-state index contributed by atoms with van der Waals surface area (Å²) in [6.07, 6.45) is 0.802. The molecule has 1 N–H and O–H groups in total. The van der Waals surface area contributed by atoms with Crippen molar-refractivity contribution in [3.63, 3.8) is 0 Å². The zero-order valence-electron chi connectivity index (χ0n) is 11.9. The normalized spacial score (nSPS) is 17.4. The van der Waals surface area contributed by atoms with E-state index in [1.54, 1.807) is 18.2 Å². The van der Waals surface area contributed by atoms with Crippen molar-refractivity contribution in [1.82, 2.24) is 5.16 Å². The molecule has 0 bridgehead atoms. The fraction of sp³-hybridized carbons (Fsp3) is 0.333. The van der Waals surface area contributed by atoms with Crippen molar-refractivity contribution in [3.05, 3.63) is 30.0 Å². The highest BCUT2D eigenvalue weighted by molar-refractivity contribution is 5.86. The lowest BCUT2D eigenvalue weighted by molar-refractivity contribution is 0.0652. The van der Waals surface area contributed by atoms with E-state index in [-0.39, 0.29) is 11.9 Å². The second-order valence-corrected chi connectivity index (χ2v) is 4.82. The summed E-state index contributed by atoms with van der Waals surface area (Å²) in [5.74, 6) is -0.351. The second-order valence-electron chi connectivity index (χ2n) is 4.82. The Labute approximate surface area is 126 Å². The third kappa shape index (κ3) is 2.75. The maximum Gasteiger partial charge on any atom is 0.374 e. The SMILES string of the molecule is COc1c(OC2CCOC2)cccc1-c1cc(C(=O)O)on1. The Morgan fingerprint density at radius 2 is 2.32 bits per heavy atom. The van der Waals surface area contributed by atoms with E-state index in [4.69, 9.17) is 23.8 Å². The maximum absolute atomic E-state index is 10.9. The van der Waals surface area contributed by atoms with E-state index in [9.17, 15) is 4.79 Å². The van der Waals surface area contributed by atoms with Gasteiger partial charge >= 0.3 is 5.97 Å². The second kappa shape index (κ2) is 6.07. The van der Waals surface area contributed by atoms with Crippen molar-refractivity contribution in [3.8, 4) is 22.8 Å². The highest BCUT2D eigenvalue weighted by Crippen LogP contribution is 2.38. The Morgan fingerprint density at radius 1 is 1.45 bits per heavy atom. The Balaban J connectivity index is 1.94. The number of aromatic carboxylic acids is 1. The van der Waals surface area contributed by atoms with Gasteiger partial charge in [-0.05, 0) is 12.1 Å². The third-order valence-electron chi connectivity index (χ3n) is 3.36. The average Bonchev–Trinajstić information content (AvgIpc) is 3.18. The van der Waals surface area contributed by atoms with Crippen LogP contribution in [0.1, 0.15) is 17.0 Å². The molecule has 1 atom stereocenters. The van der Waals surface area contributed by atoms with E-state index in [1.807, 2.05) is 0 Å². The zero-order chi connectivity index (χ0) is 15.5. The minimum absolute atomic E-state index is 0.0176. The van der Waals surface area contributed by atoms with E-state index in [1.165, 1.54) is 13.2 Å². The predicted molar refractivity (Wildman–Crippen MR) is 75.3 cm³/mol. The van der Waals surface area contributed by atoms with Crippen LogP contribution < -0.4 is 9.47 Å². The van der Waals surface area contributed by atoms with Gasteiger partial charge in [-0.25, -0.2) is 4.79 Å². The van der Waals surface area contributed by atoms with E-state index in [2.05, 4.69) is 5.16 Å². The van der Waals surface area contributed by atoms with Gasteiger partial charge in [-0.2, -0.15) is 0 Å². The van der Waals surface area contributed by atoms with Gasteiger partial charge in [-0.3, -0.25) is 0 Å². The number of carbonyl (C=O) groups is 1. The molecule has 1 aliphatic heterocycles. The minimum Gasteiger partial charge on any atom is -0.492 e. The van der Waals surface area contributed by atoms with Crippen LogP contribution in [0.15, 0.2) is 28.8 Å². The number of nitrogens with zero attached hydrogens (tertiary/aromatic N) is 1. The van der Waals surface area contributed by atoms with Crippen LogP contribution in [0.25, 0.3) is 11.3 Å². The molecular formula is C15H15NO6. The van der Waals surface area contributed by atoms with Gasteiger partial charge in [-0.1, -0.05) is 11.2 Å². The average molecular weight is 305 g/mol. The monoisotopic (exact) mass is 305 g/mol. The molecule has 2 aromatic rings. The minimum atomic E-state index is -1.17. The van der Waals surface area contributed by atoms with Crippen molar-refractivity contribution < 1.29 is 28.6 Å². The lowest BCUT2D eigenvalue weighted by Crippen LogP contribution is -2.16. The fourth-order valence-electron chi connectivity index (χ4n) is 2.31. The molecule has 1 aromatic carbocycles. The van der Waals surface area contributed by atoms with Gasteiger partial charge in [-0.15, -0.1) is 0 Å².